The number of thiocarbonyl (C=S) groups is 1. The molecule has 2 aromatic carbocycles. The molecule has 0 radical (unpaired) electrons. The van der Waals surface area contributed by atoms with Crippen LogP contribution in [0.1, 0.15) is 41.0 Å². The Morgan fingerprint density at radius 3 is 2.48 bits per heavy atom. The highest BCUT2D eigenvalue weighted by molar-refractivity contribution is 14.1. The van der Waals surface area contributed by atoms with Gasteiger partial charge in [0, 0.05) is 9.13 Å². The van der Waals surface area contributed by atoms with Gasteiger partial charge >= 0.3 is 5.97 Å². The van der Waals surface area contributed by atoms with Gasteiger partial charge in [-0.05, 0) is 90.6 Å². The van der Waals surface area contributed by atoms with Crippen LogP contribution in [0, 0.1) is 3.57 Å². The highest BCUT2D eigenvalue weighted by Crippen LogP contribution is 2.19. The molecule has 3 N–H and O–H groups in total. The van der Waals surface area contributed by atoms with Crippen LogP contribution in [0.25, 0.3) is 0 Å². The van der Waals surface area contributed by atoms with Crippen LogP contribution < -0.4 is 15.4 Å². The molecule has 0 spiro atoms. The Labute approximate surface area is 176 Å². The van der Waals surface area contributed by atoms with Gasteiger partial charge in [-0.1, -0.05) is 6.92 Å². The quantitative estimate of drug-likeness (QED) is 0.407. The van der Waals surface area contributed by atoms with Crippen molar-refractivity contribution >= 4 is 57.5 Å². The molecule has 0 fully saturated rings. The van der Waals surface area contributed by atoms with Crippen molar-refractivity contribution < 1.29 is 19.4 Å². The number of amides is 1. The second-order valence-corrected chi connectivity index (χ2v) is 7.42. The van der Waals surface area contributed by atoms with Crippen molar-refractivity contribution in [2.45, 2.75) is 26.4 Å². The minimum absolute atomic E-state index is 0.0173. The molecule has 0 saturated heterocycles. The monoisotopic (exact) mass is 498 g/mol. The van der Waals surface area contributed by atoms with Crippen molar-refractivity contribution in [1.82, 2.24) is 5.32 Å². The van der Waals surface area contributed by atoms with Crippen molar-refractivity contribution in [3.63, 3.8) is 0 Å². The Bertz CT molecular complexity index is 855. The van der Waals surface area contributed by atoms with Gasteiger partial charge in [0.25, 0.3) is 5.91 Å². The molecule has 142 valence electrons. The number of carboxylic acids is 1. The lowest BCUT2D eigenvalue weighted by atomic mass is 10.2. The van der Waals surface area contributed by atoms with Gasteiger partial charge in [0.1, 0.15) is 5.75 Å². The molecule has 0 aromatic heterocycles. The van der Waals surface area contributed by atoms with Gasteiger partial charge in [0.15, 0.2) is 5.11 Å². The molecule has 2 rings (SSSR count). The number of carbonyl (C=O) groups is 2. The lowest BCUT2D eigenvalue weighted by Gasteiger charge is -2.14. The van der Waals surface area contributed by atoms with Crippen molar-refractivity contribution in [3.05, 3.63) is 57.2 Å². The first-order valence-electron chi connectivity index (χ1n) is 8.22. The summed E-state index contributed by atoms with van der Waals surface area (Å²) < 4.78 is 6.46. The fourth-order valence-corrected chi connectivity index (χ4v) is 2.83. The number of carbonyl (C=O) groups excluding carboxylic acids is 1. The number of hydrogen-bond donors (Lipinski definition) is 3. The van der Waals surface area contributed by atoms with Crippen LogP contribution in [0.3, 0.4) is 0 Å². The van der Waals surface area contributed by atoms with E-state index in [9.17, 15) is 14.7 Å². The Kier molecular flexibility index (Phi) is 7.55. The summed E-state index contributed by atoms with van der Waals surface area (Å²) in [7, 11) is 0. The molecule has 0 aliphatic carbocycles. The summed E-state index contributed by atoms with van der Waals surface area (Å²) in [6, 6.07) is 11.6. The summed E-state index contributed by atoms with van der Waals surface area (Å²) >= 11 is 7.15. The van der Waals surface area contributed by atoms with Crippen LogP contribution in [-0.4, -0.2) is 28.2 Å². The summed E-state index contributed by atoms with van der Waals surface area (Å²) in [5, 5.41) is 14.6. The van der Waals surface area contributed by atoms with Crippen molar-refractivity contribution in [2.75, 3.05) is 5.32 Å². The van der Waals surface area contributed by atoms with Crippen molar-refractivity contribution in [3.8, 4) is 5.75 Å². The van der Waals surface area contributed by atoms with E-state index in [0.29, 0.717) is 17.0 Å². The van der Waals surface area contributed by atoms with Gasteiger partial charge in [-0.3, -0.25) is 10.1 Å². The second kappa shape index (κ2) is 9.65. The van der Waals surface area contributed by atoms with Gasteiger partial charge in [-0.2, -0.15) is 0 Å². The van der Waals surface area contributed by atoms with E-state index in [-0.39, 0.29) is 16.8 Å². The van der Waals surface area contributed by atoms with Gasteiger partial charge < -0.3 is 15.2 Å². The fraction of sp³-hybridized carbons (Fsp3) is 0.211. The number of aromatic carboxylic acids is 1. The maximum absolute atomic E-state index is 12.3. The van der Waals surface area contributed by atoms with E-state index < -0.39 is 11.9 Å². The molecule has 8 heteroatoms. The molecular formula is C19H19IN2O4S. The Morgan fingerprint density at radius 2 is 1.89 bits per heavy atom. The molecular weight excluding hydrogens is 479 g/mol. The van der Waals surface area contributed by atoms with Crippen molar-refractivity contribution in [2.24, 2.45) is 0 Å². The molecule has 6 nitrogen and oxygen atoms in total. The Balaban J connectivity index is 2.02. The zero-order valence-electron chi connectivity index (χ0n) is 14.8. The van der Waals surface area contributed by atoms with Crippen LogP contribution in [0.4, 0.5) is 5.69 Å². The normalized spacial score (nSPS) is 11.4. The molecule has 0 aliphatic rings. The van der Waals surface area contributed by atoms with Crippen LogP contribution in [-0.2, 0) is 0 Å². The smallest absolute Gasteiger partial charge is 0.337 e. The molecule has 1 atom stereocenters. The summed E-state index contributed by atoms with van der Waals surface area (Å²) in [6.07, 6.45) is 0.984. The number of rotatable bonds is 6. The molecule has 2 aromatic rings. The summed E-state index contributed by atoms with van der Waals surface area (Å²) in [5.74, 6) is -0.793. The van der Waals surface area contributed by atoms with E-state index in [0.717, 1.165) is 9.99 Å². The third kappa shape index (κ3) is 6.17. The van der Waals surface area contributed by atoms with Gasteiger partial charge in [-0.15, -0.1) is 0 Å². The summed E-state index contributed by atoms with van der Waals surface area (Å²) in [4.78, 5) is 23.7. The number of ether oxygens (including phenoxy) is 1. The lowest BCUT2D eigenvalue weighted by Crippen LogP contribution is -2.34. The van der Waals surface area contributed by atoms with Gasteiger partial charge in [0.2, 0.25) is 0 Å². The van der Waals surface area contributed by atoms with Gasteiger partial charge in [-0.25, -0.2) is 4.79 Å². The van der Waals surface area contributed by atoms with E-state index in [1.54, 1.807) is 36.4 Å². The van der Waals surface area contributed by atoms with Crippen molar-refractivity contribution in [1.29, 1.82) is 0 Å². The summed E-state index contributed by atoms with van der Waals surface area (Å²) in [5.41, 5.74) is 0.798. The number of nitrogens with one attached hydrogen (secondary N) is 2. The zero-order chi connectivity index (χ0) is 20.0. The van der Waals surface area contributed by atoms with E-state index in [4.69, 9.17) is 17.0 Å². The van der Waals surface area contributed by atoms with E-state index in [1.807, 2.05) is 36.4 Å². The summed E-state index contributed by atoms with van der Waals surface area (Å²) in [6.45, 7) is 4.00. The van der Waals surface area contributed by atoms with E-state index >= 15 is 0 Å². The maximum Gasteiger partial charge on any atom is 0.337 e. The highest BCUT2D eigenvalue weighted by Gasteiger charge is 2.14. The predicted octanol–water partition coefficient (Wildman–Crippen LogP) is 4.29. The number of anilines is 1. The zero-order valence-corrected chi connectivity index (χ0v) is 17.8. The molecule has 0 aliphatic heterocycles. The van der Waals surface area contributed by atoms with Crippen LogP contribution in [0.2, 0.25) is 0 Å². The number of carboxylic acid groups (broad SMARTS) is 1. The second-order valence-electron chi connectivity index (χ2n) is 5.76. The van der Waals surface area contributed by atoms with Crippen LogP contribution in [0.15, 0.2) is 42.5 Å². The highest BCUT2D eigenvalue weighted by atomic mass is 127. The molecule has 0 saturated carbocycles. The predicted molar refractivity (Wildman–Crippen MR) is 117 cm³/mol. The molecule has 1 amide bonds. The van der Waals surface area contributed by atoms with Crippen LogP contribution in [0.5, 0.6) is 5.75 Å². The Morgan fingerprint density at radius 1 is 1.22 bits per heavy atom. The number of benzene rings is 2. The third-order valence-electron chi connectivity index (χ3n) is 3.72. The Hall–Kier alpha value is -2.20. The average molecular weight is 498 g/mol. The first-order chi connectivity index (χ1) is 12.8. The van der Waals surface area contributed by atoms with E-state index in [2.05, 4.69) is 10.6 Å². The first-order valence-corrected chi connectivity index (χ1v) is 9.70. The first kappa shape index (κ1) is 21.1. The topological polar surface area (TPSA) is 87.7 Å². The lowest BCUT2D eigenvalue weighted by molar-refractivity contribution is 0.0697. The number of hydrogen-bond acceptors (Lipinski definition) is 4. The average Bonchev–Trinajstić information content (AvgIpc) is 2.63. The SMILES string of the molecule is CC[C@H](C)Oc1ccc(C(=O)NC(=S)Nc2ccc(I)cc2C(=O)O)cc1. The van der Waals surface area contributed by atoms with Crippen LogP contribution >= 0.6 is 34.8 Å². The van der Waals surface area contributed by atoms with E-state index in [1.165, 1.54) is 6.07 Å². The molecule has 0 bridgehead atoms. The number of halogens is 1. The minimum Gasteiger partial charge on any atom is -0.491 e. The third-order valence-corrected chi connectivity index (χ3v) is 4.59. The molecule has 0 unspecified atom stereocenters. The molecule has 0 heterocycles. The fourth-order valence-electron chi connectivity index (χ4n) is 2.13. The maximum atomic E-state index is 12.3. The molecule has 27 heavy (non-hydrogen) atoms. The largest absolute Gasteiger partial charge is 0.491 e. The standard InChI is InChI=1S/C19H19IN2O4S/c1-3-11(2)26-14-7-4-12(5-8-14)17(23)22-19(27)21-16-9-6-13(20)10-15(16)18(24)25/h4-11H,3H2,1-2H3,(H,24,25)(H2,21,22,23,27)/t11-/m0/s1. The minimum atomic E-state index is -1.08. The van der Waals surface area contributed by atoms with Gasteiger partial charge in [0.05, 0.1) is 17.4 Å².